The van der Waals surface area contributed by atoms with Gasteiger partial charge in [0.2, 0.25) is 5.91 Å². The highest BCUT2D eigenvalue weighted by atomic mass is 32.2. The fraction of sp³-hybridized carbons (Fsp3) is 0.380. The second kappa shape index (κ2) is 20.1. The number of carboxylic acid groups (broad SMARTS) is 1. The first-order valence-electron chi connectivity index (χ1n) is 21.9. The van der Waals surface area contributed by atoms with Crippen molar-refractivity contribution in [2.75, 3.05) is 29.6 Å². The number of rotatable bonds is 16. The number of carbonyl (C=O) groups excluding carboxylic acids is 3. The number of aromatic nitrogens is 1. The number of anilines is 3. The molecule has 0 aliphatic heterocycles. The van der Waals surface area contributed by atoms with Crippen LogP contribution in [0.2, 0.25) is 0 Å². The molecule has 15 nitrogen and oxygen atoms in total. The molecule has 2 atom stereocenters. The van der Waals surface area contributed by atoms with Crippen molar-refractivity contribution in [2.45, 2.75) is 114 Å². The van der Waals surface area contributed by atoms with Crippen molar-refractivity contribution in [3.8, 4) is 5.75 Å². The third kappa shape index (κ3) is 12.9. The molecule has 4 aromatic carbocycles. The molecule has 1 aliphatic carbocycles. The van der Waals surface area contributed by atoms with Crippen molar-refractivity contribution in [3.63, 3.8) is 0 Å². The lowest BCUT2D eigenvalue weighted by Gasteiger charge is -2.28. The summed E-state index contributed by atoms with van der Waals surface area (Å²) in [6.45, 7) is 12.1. The van der Waals surface area contributed by atoms with E-state index in [1.54, 1.807) is 77.9 Å². The lowest BCUT2D eigenvalue weighted by molar-refractivity contribution is -0.138. The van der Waals surface area contributed by atoms with Gasteiger partial charge in [0.1, 0.15) is 29.4 Å². The van der Waals surface area contributed by atoms with E-state index in [-0.39, 0.29) is 46.1 Å². The molecular weight excluding hydrogens is 882 g/mol. The first-order valence-corrected chi connectivity index (χ1v) is 23.4. The van der Waals surface area contributed by atoms with E-state index in [1.165, 1.54) is 18.2 Å². The summed E-state index contributed by atoms with van der Waals surface area (Å²) in [5.41, 5.74) is 0.883. The Balaban J connectivity index is 1.30. The van der Waals surface area contributed by atoms with Crippen LogP contribution in [0.3, 0.4) is 0 Å². The second-order valence-corrected chi connectivity index (χ2v) is 21.1. The molecule has 3 amide bonds. The minimum atomic E-state index is -3.49. The van der Waals surface area contributed by atoms with Gasteiger partial charge in [0, 0.05) is 35.1 Å². The maximum absolute atomic E-state index is 15.6. The third-order valence-electron chi connectivity index (χ3n) is 10.5. The molecule has 3 N–H and O–H groups in total. The summed E-state index contributed by atoms with van der Waals surface area (Å²) in [5.74, 6) is -2.81. The summed E-state index contributed by atoms with van der Waals surface area (Å²) in [6.07, 6.45) is -0.157. The van der Waals surface area contributed by atoms with E-state index in [0.29, 0.717) is 52.4 Å². The number of carboxylic acids is 1. The number of aliphatic carboxylic acids is 1. The molecule has 0 spiro atoms. The average molecular weight is 940 g/mol. The Morgan fingerprint density at radius 3 is 2.09 bits per heavy atom. The van der Waals surface area contributed by atoms with Crippen LogP contribution in [0.1, 0.15) is 102 Å². The van der Waals surface area contributed by atoms with Gasteiger partial charge in [-0.05, 0) is 145 Å². The zero-order chi connectivity index (χ0) is 49.0. The highest BCUT2D eigenvalue weighted by Gasteiger charge is 2.38. The zero-order valence-corrected chi connectivity index (χ0v) is 40.0. The van der Waals surface area contributed by atoms with Crippen LogP contribution in [0.5, 0.6) is 5.75 Å². The first-order chi connectivity index (χ1) is 31.4. The van der Waals surface area contributed by atoms with Gasteiger partial charge in [-0.25, -0.2) is 32.2 Å². The van der Waals surface area contributed by atoms with E-state index >= 15 is 4.39 Å². The number of nitrogens with zero attached hydrogens (tertiary/aromatic N) is 3. The SMILES string of the molecule is C[C@@H](CC(=O)Nc1ccc(S(=O)(=O)C2CC2)c(CN(C)C)c1)c1cc(C(Nc2ccc3c(N(C(=O)OC(C)(C)C)C(=O)OC(C)(C)C)ncc(F)c3c2)C(=O)O)ccc1OCc1ccccc1. The number of hydrogen-bond donors (Lipinski definition) is 3. The number of hydrogen-bond acceptors (Lipinski definition) is 12. The van der Waals surface area contributed by atoms with Crippen LogP contribution in [0.25, 0.3) is 10.8 Å². The summed E-state index contributed by atoms with van der Waals surface area (Å²) >= 11 is 0. The maximum atomic E-state index is 15.6. The maximum Gasteiger partial charge on any atom is 0.425 e. The topological polar surface area (TPSA) is 194 Å². The van der Waals surface area contributed by atoms with Gasteiger partial charge < -0.3 is 34.9 Å². The fourth-order valence-corrected chi connectivity index (χ4v) is 9.20. The minimum Gasteiger partial charge on any atom is -0.489 e. The molecule has 5 aromatic rings. The summed E-state index contributed by atoms with van der Waals surface area (Å²) < 4.78 is 59.4. The monoisotopic (exact) mass is 939 g/mol. The summed E-state index contributed by atoms with van der Waals surface area (Å²) in [5, 5.41) is 16.1. The van der Waals surface area contributed by atoms with Gasteiger partial charge >= 0.3 is 18.2 Å². The number of ether oxygens (including phenoxy) is 3. The largest absolute Gasteiger partial charge is 0.489 e. The molecule has 1 saturated carbocycles. The van der Waals surface area contributed by atoms with Gasteiger partial charge in [-0.15, -0.1) is 0 Å². The van der Waals surface area contributed by atoms with E-state index in [1.807, 2.05) is 56.3 Å². The number of sulfone groups is 1. The summed E-state index contributed by atoms with van der Waals surface area (Å²) in [7, 11) is 0.180. The molecule has 17 heteroatoms. The van der Waals surface area contributed by atoms with Gasteiger partial charge in [0.05, 0.1) is 16.3 Å². The Kier molecular flexibility index (Phi) is 15.0. The predicted molar refractivity (Wildman–Crippen MR) is 254 cm³/mol. The number of imide groups is 1. The first kappa shape index (κ1) is 49.8. The Hall–Kier alpha value is -6.59. The molecule has 356 valence electrons. The van der Waals surface area contributed by atoms with E-state index in [0.717, 1.165) is 11.8 Å². The van der Waals surface area contributed by atoms with Crippen molar-refractivity contribution in [2.24, 2.45) is 0 Å². The molecule has 1 fully saturated rings. The van der Waals surface area contributed by atoms with Crippen LogP contribution in [0, 0.1) is 5.82 Å². The van der Waals surface area contributed by atoms with E-state index in [9.17, 15) is 32.7 Å². The van der Waals surface area contributed by atoms with E-state index in [2.05, 4.69) is 15.6 Å². The lowest BCUT2D eigenvalue weighted by Crippen LogP contribution is -2.44. The molecule has 0 bridgehead atoms. The highest BCUT2D eigenvalue weighted by molar-refractivity contribution is 7.92. The fourth-order valence-electron chi connectivity index (χ4n) is 7.33. The number of benzene rings is 4. The molecule has 1 unspecified atom stereocenters. The van der Waals surface area contributed by atoms with Crippen LogP contribution in [-0.4, -0.2) is 78.0 Å². The summed E-state index contributed by atoms with van der Waals surface area (Å²) in [4.78, 5) is 60.5. The Morgan fingerprint density at radius 2 is 1.49 bits per heavy atom. The predicted octanol–water partition coefficient (Wildman–Crippen LogP) is 10.00. The van der Waals surface area contributed by atoms with Crippen LogP contribution in [0.4, 0.5) is 31.2 Å². The molecule has 6 rings (SSSR count). The smallest absolute Gasteiger partial charge is 0.425 e. The van der Waals surface area contributed by atoms with Crippen molar-refractivity contribution in [1.82, 2.24) is 9.88 Å². The van der Waals surface area contributed by atoms with Crippen molar-refractivity contribution < 1.29 is 51.3 Å². The number of amides is 3. The molecule has 0 radical (unpaired) electrons. The van der Waals surface area contributed by atoms with Gasteiger partial charge in [0.25, 0.3) is 0 Å². The van der Waals surface area contributed by atoms with Crippen LogP contribution in [-0.2, 0) is 42.1 Å². The second-order valence-electron chi connectivity index (χ2n) is 18.9. The number of halogens is 1. The Morgan fingerprint density at radius 1 is 0.851 bits per heavy atom. The normalized spacial score (nSPS) is 14.0. The zero-order valence-electron chi connectivity index (χ0n) is 39.2. The molecule has 1 heterocycles. The van der Waals surface area contributed by atoms with E-state index < -0.39 is 62.2 Å². The third-order valence-corrected chi connectivity index (χ3v) is 12.8. The molecule has 0 saturated heterocycles. The minimum absolute atomic E-state index is 0.0385. The quantitative estimate of drug-likeness (QED) is 0.0847. The number of carbonyl (C=O) groups is 4. The average Bonchev–Trinajstić information content (AvgIpc) is 4.09. The molecule has 1 aliphatic rings. The standard InChI is InChI=1S/C50H58FN5O10S/c1-30(23-43(57)53-34-17-22-42(33(24-34)28-55(8)9)67(62,63)36-18-19-36)38-25-32(15-21-41(38)64-29-31-13-11-10-12-14-31)44(46(58)59)54-35-16-20-37-39(26-35)40(51)27-52-45(37)56(47(60)65-49(2,3)4)48(61)66-50(5,6)7/h10-17,20-22,24-27,30,36,44,54H,18-19,23,28-29H2,1-9H3,(H,53,57)(H,58,59)/t30-,44?/m0/s1. The number of fused-ring (bicyclic) bond motifs is 1. The van der Waals surface area contributed by atoms with Crippen molar-refractivity contribution >= 4 is 61.9 Å². The van der Waals surface area contributed by atoms with Gasteiger partial charge in [-0.3, -0.25) is 4.79 Å². The van der Waals surface area contributed by atoms with Gasteiger partial charge in [-0.1, -0.05) is 43.3 Å². The van der Waals surface area contributed by atoms with Crippen LogP contribution < -0.4 is 20.3 Å². The van der Waals surface area contributed by atoms with Crippen LogP contribution in [0.15, 0.2) is 96.0 Å². The summed E-state index contributed by atoms with van der Waals surface area (Å²) in [6, 6.07) is 22.0. The van der Waals surface area contributed by atoms with Crippen molar-refractivity contribution in [1.29, 1.82) is 0 Å². The van der Waals surface area contributed by atoms with Crippen LogP contribution >= 0.6 is 0 Å². The molecule has 1 aromatic heterocycles. The molecule has 67 heavy (non-hydrogen) atoms. The van der Waals surface area contributed by atoms with Gasteiger partial charge in [-0.2, -0.15) is 4.90 Å². The lowest BCUT2D eigenvalue weighted by atomic mass is 9.92. The Bertz CT molecular complexity index is 2740. The molecular formula is C50H58FN5O10S. The van der Waals surface area contributed by atoms with Gasteiger partial charge in [0.15, 0.2) is 21.7 Å². The highest BCUT2D eigenvalue weighted by Crippen LogP contribution is 2.38. The number of pyridine rings is 1. The number of nitrogens with one attached hydrogen (secondary N) is 2. The Labute approximate surface area is 390 Å². The van der Waals surface area contributed by atoms with E-state index in [4.69, 9.17) is 14.2 Å². The van der Waals surface area contributed by atoms with Crippen molar-refractivity contribution in [3.05, 3.63) is 119 Å².